The second kappa shape index (κ2) is 10.4. The summed E-state index contributed by atoms with van der Waals surface area (Å²) in [5, 5.41) is 16.8. The van der Waals surface area contributed by atoms with Gasteiger partial charge in [0.2, 0.25) is 0 Å². The van der Waals surface area contributed by atoms with Crippen molar-refractivity contribution in [3.8, 4) is 28.3 Å². The predicted molar refractivity (Wildman–Crippen MR) is 141 cm³/mol. The maximum absolute atomic E-state index is 12.2. The van der Waals surface area contributed by atoms with Gasteiger partial charge >= 0.3 is 0 Å². The molecule has 2 aromatic heterocycles. The number of aromatic nitrogens is 4. The van der Waals surface area contributed by atoms with Gasteiger partial charge in [-0.15, -0.1) is 0 Å². The summed E-state index contributed by atoms with van der Waals surface area (Å²) in [6.07, 6.45) is 7.79. The number of H-pyrrole nitrogens is 1. The lowest BCUT2D eigenvalue weighted by atomic mass is 9.93. The lowest BCUT2D eigenvalue weighted by Crippen LogP contribution is -2.41. The van der Waals surface area contributed by atoms with Crippen LogP contribution in [0.3, 0.4) is 0 Å². The third-order valence-corrected chi connectivity index (χ3v) is 6.84. The maximum Gasteiger partial charge on any atom is 0.258 e. The van der Waals surface area contributed by atoms with E-state index in [9.17, 15) is 4.79 Å². The predicted octanol–water partition coefficient (Wildman–Crippen LogP) is 3.97. The van der Waals surface area contributed by atoms with Crippen molar-refractivity contribution >= 4 is 17.4 Å². The molecule has 9 heteroatoms. The molecule has 4 aromatic rings. The van der Waals surface area contributed by atoms with E-state index >= 15 is 0 Å². The first-order valence-electron chi connectivity index (χ1n) is 12.7. The number of ether oxygens (including phenoxy) is 1. The molecule has 0 radical (unpaired) electrons. The first-order chi connectivity index (χ1) is 18.2. The number of nitrogens with zero attached hydrogens (tertiary/aromatic N) is 3. The van der Waals surface area contributed by atoms with Gasteiger partial charge < -0.3 is 20.7 Å². The normalized spacial score (nSPS) is 14.9. The number of rotatable bonds is 8. The van der Waals surface area contributed by atoms with Gasteiger partial charge in [-0.1, -0.05) is 24.3 Å². The third kappa shape index (κ3) is 5.31. The van der Waals surface area contributed by atoms with Gasteiger partial charge in [0, 0.05) is 54.1 Å². The minimum atomic E-state index is -0.0853. The molecule has 2 aromatic carbocycles. The number of carbonyl (C=O) groups excluding carboxylic acids is 1. The number of anilines is 2. The Morgan fingerprint density at radius 1 is 1.05 bits per heavy atom. The molecule has 0 spiro atoms. The highest BCUT2D eigenvalue weighted by Crippen LogP contribution is 2.29. The molecule has 1 amide bonds. The highest BCUT2D eigenvalue weighted by atomic mass is 16.5. The SMILES string of the molecule is O=C(COc1cccc(-c2nc3c(c(Nc4ccc(-c5cn[nH]c5)cc4)n2)CNCC3)c1)NC1CCC1. The molecule has 4 N–H and O–H groups in total. The first kappa shape index (κ1) is 23.2. The van der Waals surface area contributed by atoms with Gasteiger partial charge in [0.1, 0.15) is 11.6 Å². The molecule has 0 bridgehead atoms. The minimum Gasteiger partial charge on any atom is -0.484 e. The Morgan fingerprint density at radius 2 is 1.95 bits per heavy atom. The molecule has 0 unspecified atom stereocenters. The molecule has 0 atom stereocenters. The zero-order valence-electron chi connectivity index (χ0n) is 20.5. The maximum atomic E-state index is 12.2. The number of nitrogens with one attached hydrogen (secondary N) is 4. The summed E-state index contributed by atoms with van der Waals surface area (Å²) < 4.78 is 5.78. The lowest BCUT2D eigenvalue weighted by Gasteiger charge is -2.26. The fourth-order valence-corrected chi connectivity index (χ4v) is 4.56. The fourth-order valence-electron chi connectivity index (χ4n) is 4.56. The van der Waals surface area contributed by atoms with E-state index in [0.29, 0.717) is 24.2 Å². The van der Waals surface area contributed by atoms with Crippen LogP contribution in [-0.2, 0) is 17.8 Å². The molecule has 1 aliphatic carbocycles. The summed E-state index contributed by atoms with van der Waals surface area (Å²) in [7, 11) is 0. The van der Waals surface area contributed by atoms with Crippen LogP contribution < -0.4 is 20.7 Å². The van der Waals surface area contributed by atoms with E-state index in [2.05, 4.69) is 38.3 Å². The fraction of sp³-hybridized carbons (Fsp3) is 0.286. The van der Waals surface area contributed by atoms with Crippen molar-refractivity contribution in [2.24, 2.45) is 0 Å². The van der Waals surface area contributed by atoms with Crippen LogP contribution >= 0.6 is 0 Å². The number of aromatic amines is 1. The Balaban J connectivity index is 1.22. The van der Waals surface area contributed by atoms with E-state index < -0.39 is 0 Å². The Hall–Kier alpha value is -4.24. The molecule has 2 aliphatic rings. The Bertz CT molecular complexity index is 1380. The van der Waals surface area contributed by atoms with Crippen molar-refractivity contribution in [1.82, 2.24) is 30.8 Å². The topological polar surface area (TPSA) is 117 Å². The van der Waals surface area contributed by atoms with Crippen LogP contribution in [0.25, 0.3) is 22.5 Å². The van der Waals surface area contributed by atoms with E-state index in [-0.39, 0.29) is 12.5 Å². The standard InChI is InChI=1S/C28H29N7O2/c36-26(32-21-4-2-5-21)17-37-23-6-1-3-19(13-23)27-34-25-11-12-29-16-24(25)28(35-27)33-22-9-7-18(8-10-22)20-14-30-31-15-20/h1,3,6-10,13-15,21,29H,2,4-5,11-12,16-17H2,(H,30,31)(H,32,36)(H,33,34,35). The van der Waals surface area contributed by atoms with Gasteiger partial charge in [0.05, 0.1) is 11.9 Å². The Labute approximate surface area is 215 Å². The molecule has 1 saturated carbocycles. The lowest BCUT2D eigenvalue weighted by molar-refractivity contribution is -0.124. The number of benzene rings is 2. The molecular formula is C28H29N7O2. The van der Waals surface area contributed by atoms with Crippen LogP contribution in [0.5, 0.6) is 5.75 Å². The number of hydrogen-bond donors (Lipinski definition) is 4. The molecule has 9 nitrogen and oxygen atoms in total. The monoisotopic (exact) mass is 495 g/mol. The molecule has 37 heavy (non-hydrogen) atoms. The van der Waals surface area contributed by atoms with E-state index in [4.69, 9.17) is 14.7 Å². The van der Waals surface area contributed by atoms with Crippen molar-refractivity contribution in [2.45, 2.75) is 38.3 Å². The zero-order valence-corrected chi connectivity index (χ0v) is 20.5. The van der Waals surface area contributed by atoms with Crippen LogP contribution in [0, 0.1) is 0 Å². The molecule has 0 saturated heterocycles. The first-order valence-corrected chi connectivity index (χ1v) is 12.7. The van der Waals surface area contributed by atoms with Crippen molar-refractivity contribution in [3.05, 3.63) is 72.2 Å². The smallest absolute Gasteiger partial charge is 0.258 e. The van der Waals surface area contributed by atoms with Crippen molar-refractivity contribution in [1.29, 1.82) is 0 Å². The van der Waals surface area contributed by atoms with E-state index in [1.54, 1.807) is 6.20 Å². The minimum absolute atomic E-state index is 0.00170. The van der Waals surface area contributed by atoms with Crippen LogP contribution in [0.2, 0.25) is 0 Å². The summed E-state index contributed by atoms with van der Waals surface area (Å²) in [4.78, 5) is 22.0. The highest BCUT2D eigenvalue weighted by Gasteiger charge is 2.20. The summed E-state index contributed by atoms with van der Waals surface area (Å²) in [5.74, 6) is 1.95. The van der Waals surface area contributed by atoms with Gasteiger partial charge in [-0.2, -0.15) is 5.10 Å². The molecular weight excluding hydrogens is 466 g/mol. The van der Waals surface area contributed by atoms with Gasteiger partial charge in [0.15, 0.2) is 12.4 Å². The number of hydrogen-bond acceptors (Lipinski definition) is 7. The summed E-state index contributed by atoms with van der Waals surface area (Å²) in [6.45, 7) is 1.59. The number of fused-ring (bicyclic) bond motifs is 1. The second-order valence-electron chi connectivity index (χ2n) is 9.45. The van der Waals surface area contributed by atoms with Crippen LogP contribution in [0.4, 0.5) is 11.5 Å². The quantitative estimate of drug-likeness (QED) is 0.292. The van der Waals surface area contributed by atoms with Crippen molar-refractivity contribution in [2.75, 3.05) is 18.5 Å². The zero-order chi connectivity index (χ0) is 25.0. The average molecular weight is 496 g/mol. The van der Waals surface area contributed by atoms with Crippen molar-refractivity contribution < 1.29 is 9.53 Å². The highest BCUT2D eigenvalue weighted by molar-refractivity contribution is 5.78. The Kier molecular flexibility index (Phi) is 6.51. The molecule has 3 heterocycles. The van der Waals surface area contributed by atoms with E-state index in [1.807, 2.05) is 42.6 Å². The molecule has 6 rings (SSSR count). The summed E-state index contributed by atoms with van der Waals surface area (Å²) in [5.41, 5.74) is 6.03. The largest absolute Gasteiger partial charge is 0.484 e. The van der Waals surface area contributed by atoms with E-state index in [1.165, 1.54) is 6.42 Å². The summed E-state index contributed by atoms with van der Waals surface area (Å²) >= 11 is 0. The Morgan fingerprint density at radius 3 is 2.73 bits per heavy atom. The number of carbonyl (C=O) groups is 1. The van der Waals surface area contributed by atoms with Gasteiger partial charge in [-0.25, -0.2) is 9.97 Å². The van der Waals surface area contributed by atoms with Crippen LogP contribution in [0.1, 0.15) is 30.5 Å². The average Bonchev–Trinajstić information content (AvgIpc) is 3.45. The van der Waals surface area contributed by atoms with Gasteiger partial charge in [-0.3, -0.25) is 9.89 Å². The second-order valence-corrected chi connectivity index (χ2v) is 9.45. The van der Waals surface area contributed by atoms with Gasteiger partial charge in [0.25, 0.3) is 5.91 Å². The third-order valence-electron chi connectivity index (χ3n) is 6.84. The summed E-state index contributed by atoms with van der Waals surface area (Å²) in [6, 6.07) is 16.1. The van der Waals surface area contributed by atoms with E-state index in [0.717, 1.165) is 65.3 Å². The van der Waals surface area contributed by atoms with Crippen LogP contribution in [0.15, 0.2) is 60.9 Å². The molecule has 1 aliphatic heterocycles. The molecule has 188 valence electrons. The van der Waals surface area contributed by atoms with Crippen molar-refractivity contribution in [3.63, 3.8) is 0 Å². The van der Waals surface area contributed by atoms with Gasteiger partial charge in [-0.05, 0) is 49.1 Å². The number of amides is 1. The van der Waals surface area contributed by atoms with Crippen LogP contribution in [-0.4, -0.2) is 45.3 Å². The molecule has 1 fully saturated rings.